The van der Waals surface area contributed by atoms with Crippen molar-refractivity contribution >= 4 is 0 Å². The highest BCUT2D eigenvalue weighted by atomic mass is 16.4. The average Bonchev–Trinajstić information content (AvgIpc) is 2.78. The molecule has 0 saturated carbocycles. The molecule has 2 atom stereocenters. The summed E-state index contributed by atoms with van der Waals surface area (Å²) in [7, 11) is 0. The van der Waals surface area contributed by atoms with E-state index in [9.17, 15) is 5.11 Å². The van der Waals surface area contributed by atoms with Crippen molar-refractivity contribution in [2.24, 2.45) is 0 Å². The van der Waals surface area contributed by atoms with Crippen LogP contribution in [0.4, 0.5) is 0 Å². The highest BCUT2D eigenvalue weighted by Gasteiger charge is 2.24. The predicted octanol–water partition coefficient (Wildman–Crippen LogP) is 1.93. The summed E-state index contributed by atoms with van der Waals surface area (Å²) in [6, 6.07) is 0. The number of piperidine rings is 1. The molecule has 16 heavy (non-hydrogen) atoms. The summed E-state index contributed by atoms with van der Waals surface area (Å²) in [5.41, 5.74) is 0. The van der Waals surface area contributed by atoms with Gasteiger partial charge in [0, 0.05) is 12.5 Å². The standard InChI is InChI=1S/C12H20N2O2/c1-3-14-6-4-5-10(8-14)12-13-7-11(16-12)9(2)15/h7,9-10,15H,3-6,8H2,1-2H3. The molecule has 1 N–H and O–H groups in total. The van der Waals surface area contributed by atoms with Gasteiger partial charge in [0.05, 0.1) is 6.20 Å². The Kier molecular flexibility index (Phi) is 3.61. The Morgan fingerprint density at radius 1 is 1.69 bits per heavy atom. The maximum Gasteiger partial charge on any atom is 0.198 e. The first-order valence-corrected chi connectivity index (χ1v) is 6.06. The lowest BCUT2D eigenvalue weighted by molar-refractivity contribution is 0.158. The van der Waals surface area contributed by atoms with E-state index in [1.165, 1.54) is 13.0 Å². The largest absolute Gasteiger partial charge is 0.443 e. The zero-order chi connectivity index (χ0) is 11.5. The molecule has 0 amide bonds. The number of likely N-dealkylation sites (N-methyl/N-ethyl adjacent to an activating group) is 1. The number of aromatic nitrogens is 1. The number of rotatable bonds is 3. The third-order valence-electron chi connectivity index (χ3n) is 3.26. The van der Waals surface area contributed by atoms with Gasteiger partial charge in [-0.05, 0) is 32.9 Å². The van der Waals surface area contributed by atoms with Crippen molar-refractivity contribution in [1.29, 1.82) is 0 Å². The van der Waals surface area contributed by atoms with Crippen molar-refractivity contribution in [3.05, 3.63) is 17.8 Å². The first-order chi connectivity index (χ1) is 7.70. The topological polar surface area (TPSA) is 49.5 Å². The third kappa shape index (κ3) is 2.44. The molecule has 0 spiro atoms. The Morgan fingerprint density at radius 2 is 2.50 bits per heavy atom. The molecule has 0 radical (unpaired) electrons. The lowest BCUT2D eigenvalue weighted by Crippen LogP contribution is -2.34. The smallest absolute Gasteiger partial charge is 0.198 e. The highest BCUT2D eigenvalue weighted by Crippen LogP contribution is 2.27. The molecule has 0 aliphatic carbocycles. The maximum atomic E-state index is 9.39. The van der Waals surface area contributed by atoms with Crippen molar-refractivity contribution in [3.63, 3.8) is 0 Å². The molecule has 1 aromatic rings. The molecule has 4 heteroatoms. The van der Waals surface area contributed by atoms with Crippen LogP contribution in [0.2, 0.25) is 0 Å². The lowest BCUT2D eigenvalue weighted by Gasteiger charge is -2.29. The molecular weight excluding hydrogens is 204 g/mol. The molecule has 1 aliphatic rings. The fraction of sp³-hybridized carbons (Fsp3) is 0.750. The fourth-order valence-electron chi connectivity index (χ4n) is 2.23. The summed E-state index contributed by atoms with van der Waals surface area (Å²) in [6.07, 6.45) is 3.42. The molecule has 1 saturated heterocycles. The first kappa shape index (κ1) is 11.6. The minimum absolute atomic E-state index is 0.390. The Balaban J connectivity index is 2.05. The van der Waals surface area contributed by atoms with Crippen LogP contribution in [0.3, 0.4) is 0 Å². The van der Waals surface area contributed by atoms with Crippen LogP contribution in [0.15, 0.2) is 10.6 Å². The molecule has 2 rings (SSSR count). The first-order valence-electron chi connectivity index (χ1n) is 6.06. The van der Waals surface area contributed by atoms with E-state index in [-0.39, 0.29) is 0 Å². The Bertz CT molecular complexity index is 336. The molecule has 2 heterocycles. The van der Waals surface area contributed by atoms with Crippen LogP contribution < -0.4 is 0 Å². The summed E-state index contributed by atoms with van der Waals surface area (Å²) < 4.78 is 5.59. The van der Waals surface area contributed by atoms with Crippen LogP contribution >= 0.6 is 0 Å². The molecule has 0 aromatic carbocycles. The van der Waals surface area contributed by atoms with E-state index in [1.807, 2.05) is 0 Å². The number of hydrogen-bond acceptors (Lipinski definition) is 4. The summed E-state index contributed by atoms with van der Waals surface area (Å²) in [6.45, 7) is 7.16. The second-order valence-electron chi connectivity index (χ2n) is 4.51. The van der Waals surface area contributed by atoms with E-state index in [4.69, 9.17) is 4.42 Å². The summed E-state index contributed by atoms with van der Waals surface area (Å²) in [4.78, 5) is 6.69. The molecule has 1 aromatic heterocycles. The minimum Gasteiger partial charge on any atom is -0.443 e. The third-order valence-corrected chi connectivity index (χ3v) is 3.26. The van der Waals surface area contributed by atoms with Gasteiger partial charge in [0.15, 0.2) is 11.7 Å². The van der Waals surface area contributed by atoms with Crippen LogP contribution in [-0.2, 0) is 0 Å². The van der Waals surface area contributed by atoms with Gasteiger partial charge < -0.3 is 14.4 Å². The van der Waals surface area contributed by atoms with Crippen LogP contribution in [-0.4, -0.2) is 34.6 Å². The number of nitrogens with zero attached hydrogens (tertiary/aromatic N) is 2. The summed E-state index contributed by atoms with van der Waals surface area (Å²) in [5.74, 6) is 1.75. The number of aliphatic hydroxyl groups excluding tert-OH is 1. The van der Waals surface area contributed by atoms with Gasteiger partial charge in [-0.15, -0.1) is 0 Å². The van der Waals surface area contributed by atoms with E-state index in [0.29, 0.717) is 11.7 Å². The molecule has 4 nitrogen and oxygen atoms in total. The number of oxazole rings is 1. The number of hydrogen-bond donors (Lipinski definition) is 1. The van der Waals surface area contributed by atoms with Gasteiger partial charge in [-0.25, -0.2) is 4.98 Å². The van der Waals surface area contributed by atoms with E-state index >= 15 is 0 Å². The van der Waals surface area contributed by atoms with Crippen LogP contribution in [0.25, 0.3) is 0 Å². The van der Waals surface area contributed by atoms with Gasteiger partial charge in [-0.1, -0.05) is 6.92 Å². The van der Waals surface area contributed by atoms with Gasteiger partial charge >= 0.3 is 0 Å². The Hall–Kier alpha value is -0.870. The van der Waals surface area contributed by atoms with E-state index in [0.717, 1.165) is 25.4 Å². The van der Waals surface area contributed by atoms with Gasteiger partial charge in [-0.2, -0.15) is 0 Å². The van der Waals surface area contributed by atoms with Gasteiger partial charge in [0.25, 0.3) is 0 Å². The van der Waals surface area contributed by atoms with Crippen molar-refractivity contribution < 1.29 is 9.52 Å². The van der Waals surface area contributed by atoms with Crippen molar-refractivity contribution in [3.8, 4) is 0 Å². The summed E-state index contributed by atoms with van der Waals surface area (Å²) in [5, 5.41) is 9.39. The van der Waals surface area contributed by atoms with Gasteiger partial charge in [-0.3, -0.25) is 0 Å². The molecule has 2 unspecified atom stereocenters. The van der Waals surface area contributed by atoms with Crippen molar-refractivity contribution in [2.45, 2.75) is 38.7 Å². The van der Waals surface area contributed by atoms with Crippen LogP contribution in [0.5, 0.6) is 0 Å². The van der Waals surface area contributed by atoms with E-state index in [2.05, 4.69) is 16.8 Å². The van der Waals surface area contributed by atoms with Gasteiger partial charge in [0.2, 0.25) is 0 Å². The Morgan fingerprint density at radius 3 is 3.12 bits per heavy atom. The highest BCUT2D eigenvalue weighted by molar-refractivity contribution is 5.02. The van der Waals surface area contributed by atoms with E-state index in [1.54, 1.807) is 13.1 Å². The zero-order valence-corrected chi connectivity index (χ0v) is 10.0. The normalized spacial score (nSPS) is 24.6. The zero-order valence-electron chi connectivity index (χ0n) is 10.0. The molecule has 1 fully saturated rings. The molecular formula is C12H20N2O2. The van der Waals surface area contributed by atoms with Crippen molar-refractivity contribution in [2.75, 3.05) is 19.6 Å². The molecule has 90 valence electrons. The van der Waals surface area contributed by atoms with E-state index < -0.39 is 6.10 Å². The number of likely N-dealkylation sites (tertiary alicyclic amines) is 1. The Labute approximate surface area is 96.3 Å². The lowest BCUT2D eigenvalue weighted by atomic mass is 9.98. The molecule has 1 aliphatic heterocycles. The maximum absolute atomic E-state index is 9.39. The monoisotopic (exact) mass is 224 g/mol. The van der Waals surface area contributed by atoms with Crippen LogP contribution in [0.1, 0.15) is 50.4 Å². The minimum atomic E-state index is -0.563. The van der Waals surface area contributed by atoms with Crippen molar-refractivity contribution in [1.82, 2.24) is 9.88 Å². The average molecular weight is 224 g/mol. The predicted molar refractivity (Wildman–Crippen MR) is 61.2 cm³/mol. The summed E-state index contributed by atoms with van der Waals surface area (Å²) >= 11 is 0. The second-order valence-corrected chi connectivity index (χ2v) is 4.51. The molecule has 0 bridgehead atoms. The fourth-order valence-corrected chi connectivity index (χ4v) is 2.23. The quantitative estimate of drug-likeness (QED) is 0.852. The van der Waals surface area contributed by atoms with Gasteiger partial charge in [0.1, 0.15) is 6.10 Å². The number of aliphatic hydroxyl groups is 1. The van der Waals surface area contributed by atoms with Crippen LogP contribution in [0, 0.1) is 0 Å². The second kappa shape index (κ2) is 4.97. The SMILES string of the molecule is CCN1CCCC(c2ncc(C(C)O)o2)C1.